The summed E-state index contributed by atoms with van der Waals surface area (Å²) in [5.41, 5.74) is 12.2. The Hall–Kier alpha value is -5.40. The molecule has 0 fully saturated rings. The first-order chi connectivity index (χ1) is 23.3. The zero-order valence-electron chi connectivity index (χ0n) is 26.7. The van der Waals surface area contributed by atoms with E-state index >= 15 is 0 Å². The van der Waals surface area contributed by atoms with Crippen LogP contribution in [0.15, 0.2) is 175 Å². The fourth-order valence-corrected chi connectivity index (χ4v) is 7.60. The molecule has 0 saturated heterocycles. The van der Waals surface area contributed by atoms with Gasteiger partial charge in [0.15, 0.2) is 0 Å². The molecule has 6 aromatic carbocycles. The first kappa shape index (κ1) is 29.0. The highest BCUT2D eigenvalue weighted by Crippen LogP contribution is 2.42. The summed E-state index contributed by atoms with van der Waals surface area (Å²) in [4.78, 5) is 2.51. The zero-order valence-corrected chi connectivity index (χ0v) is 26.7. The molecule has 2 unspecified atom stereocenters. The predicted octanol–water partition coefficient (Wildman–Crippen LogP) is 12.5. The van der Waals surface area contributed by atoms with Crippen molar-refractivity contribution in [2.45, 2.75) is 37.6 Å². The predicted molar refractivity (Wildman–Crippen MR) is 200 cm³/mol. The topological polar surface area (TPSA) is 3.24 Å². The fraction of sp³-hybridized carbons (Fsp3) is 0.130. The molecule has 6 aromatic rings. The van der Waals surface area contributed by atoms with Crippen molar-refractivity contribution in [2.24, 2.45) is 0 Å². The lowest BCUT2D eigenvalue weighted by molar-refractivity contribution is 0.702. The molecule has 2 atom stereocenters. The second-order valence-electron chi connectivity index (χ2n) is 12.8. The van der Waals surface area contributed by atoms with E-state index in [4.69, 9.17) is 0 Å². The molecule has 0 aliphatic heterocycles. The van der Waals surface area contributed by atoms with Crippen molar-refractivity contribution in [1.82, 2.24) is 0 Å². The highest BCUT2D eigenvalue weighted by molar-refractivity contribution is 5.86. The van der Waals surface area contributed by atoms with Crippen LogP contribution < -0.4 is 4.90 Å². The van der Waals surface area contributed by atoms with Crippen LogP contribution in [0.4, 0.5) is 11.4 Å². The summed E-state index contributed by atoms with van der Waals surface area (Å²) in [5.74, 6) is 0.325. The SMILES string of the molecule is C1=Cc2ccccc2C(N(c2ccccc2)c2ccc(C3=CC=C(CC(c4ccccc4)c4cccc5ccccc45)CC3)cc2)C1. The molecule has 0 amide bonds. The van der Waals surface area contributed by atoms with Gasteiger partial charge in [-0.05, 0) is 94.1 Å². The molecular weight excluding hydrogens is 567 g/mol. The van der Waals surface area contributed by atoms with Crippen LogP contribution in [0.1, 0.15) is 65.5 Å². The molecule has 2 aliphatic carbocycles. The summed E-state index contributed by atoms with van der Waals surface area (Å²) in [6.07, 6.45) is 13.5. The lowest BCUT2D eigenvalue weighted by Crippen LogP contribution is -2.25. The van der Waals surface area contributed by atoms with Gasteiger partial charge in [0, 0.05) is 17.3 Å². The molecule has 0 saturated carbocycles. The second-order valence-corrected chi connectivity index (χ2v) is 12.8. The number of fused-ring (bicyclic) bond motifs is 2. The minimum atomic E-state index is 0.253. The van der Waals surface area contributed by atoms with Gasteiger partial charge in [0.25, 0.3) is 0 Å². The van der Waals surface area contributed by atoms with E-state index in [9.17, 15) is 0 Å². The van der Waals surface area contributed by atoms with Gasteiger partial charge < -0.3 is 4.90 Å². The van der Waals surface area contributed by atoms with Gasteiger partial charge in [-0.25, -0.2) is 0 Å². The minimum Gasteiger partial charge on any atom is -0.334 e. The largest absolute Gasteiger partial charge is 0.334 e. The Morgan fingerprint density at radius 3 is 2.11 bits per heavy atom. The number of anilines is 2. The minimum absolute atomic E-state index is 0.253. The molecular formula is C46H39N. The van der Waals surface area contributed by atoms with E-state index < -0.39 is 0 Å². The highest BCUT2D eigenvalue weighted by Gasteiger charge is 2.26. The Morgan fingerprint density at radius 2 is 1.30 bits per heavy atom. The van der Waals surface area contributed by atoms with Crippen LogP contribution in [0.5, 0.6) is 0 Å². The lowest BCUT2D eigenvalue weighted by Gasteiger charge is -2.36. The molecule has 0 aromatic heterocycles. The summed E-state index contributed by atoms with van der Waals surface area (Å²) >= 11 is 0. The molecule has 47 heavy (non-hydrogen) atoms. The van der Waals surface area contributed by atoms with Gasteiger partial charge in [-0.2, -0.15) is 0 Å². The fourth-order valence-electron chi connectivity index (χ4n) is 7.60. The standard InChI is InChI=1S/C46H39N/c1-3-13-39(14-4-1)45(44-23-11-17-37-15-7-9-21-42(37)44)33-34-25-27-35(28-26-34)36-29-31-41(32-30-36)47(40-19-5-2-6-20-40)46-24-12-18-38-16-8-10-22-43(38)46/h1-23,25,27,29-32,45-46H,24,26,28,33H2. The van der Waals surface area contributed by atoms with E-state index in [0.717, 1.165) is 25.7 Å². The Morgan fingerprint density at radius 1 is 0.596 bits per heavy atom. The molecule has 0 bridgehead atoms. The van der Waals surface area contributed by atoms with Crippen molar-refractivity contribution >= 4 is 33.8 Å². The summed E-state index contributed by atoms with van der Waals surface area (Å²) in [5, 5.41) is 2.66. The van der Waals surface area contributed by atoms with Crippen LogP contribution in [0.25, 0.3) is 22.4 Å². The van der Waals surface area contributed by atoms with Gasteiger partial charge in [-0.15, -0.1) is 0 Å². The van der Waals surface area contributed by atoms with E-state index in [1.165, 1.54) is 61.1 Å². The molecule has 0 spiro atoms. The number of benzene rings is 6. The third-order valence-corrected chi connectivity index (χ3v) is 9.98. The molecule has 1 nitrogen and oxygen atoms in total. The number of nitrogens with zero attached hydrogens (tertiary/aromatic N) is 1. The average molecular weight is 606 g/mol. The molecule has 0 N–H and O–H groups in total. The van der Waals surface area contributed by atoms with Gasteiger partial charge >= 0.3 is 0 Å². The van der Waals surface area contributed by atoms with Gasteiger partial charge in [0.2, 0.25) is 0 Å². The van der Waals surface area contributed by atoms with Crippen molar-refractivity contribution in [1.29, 1.82) is 0 Å². The van der Waals surface area contributed by atoms with Crippen molar-refractivity contribution in [3.8, 4) is 0 Å². The molecule has 228 valence electrons. The summed E-state index contributed by atoms with van der Waals surface area (Å²) in [7, 11) is 0. The van der Waals surface area contributed by atoms with Gasteiger partial charge in [-0.1, -0.05) is 157 Å². The van der Waals surface area contributed by atoms with Crippen molar-refractivity contribution in [3.05, 3.63) is 203 Å². The van der Waals surface area contributed by atoms with Crippen molar-refractivity contribution in [2.75, 3.05) is 4.90 Å². The summed E-state index contributed by atoms with van der Waals surface area (Å²) in [6.45, 7) is 0. The summed E-state index contributed by atoms with van der Waals surface area (Å²) < 4.78 is 0. The molecule has 1 heteroatoms. The van der Waals surface area contributed by atoms with Crippen LogP contribution in [-0.4, -0.2) is 0 Å². The number of para-hydroxylation sites is 1. The maximum Gasteiger partial charge on any atom is 0.0631 e. The van der Waals surface area contributed by atoms with Gasteiger partial charge in [0.1, 0.15) is 0 Å². The van der Waals surface area contributed by atoms with E-state index in [-0.39, 0.29) is 6.04 Å². The van der Waals surface area contributed by atoms with Crippen LogP contribution >= 0.6 is 0 Å². The lowest BCUT2D eigenvalue weighted by atomic mass is 9.81. The number of hydrogen-bond acceptors (Lipinski definition) is 1. The molecule has 2 aliphatic rings. The van der Waals surface area contributed by atoms with E-state index in [1.54, 1.807) is 0 Å². The maximum atomic E-state index is 2.51. The molecule has 8 rings (SSSR count). The smallest absolute Gasteiger partial charge is 0.0631 e. The normalized spacial score (nSPS) is 16.2. The van der Waals surface area contributed by atoms with Crippen LogP contribution in [0.3, 0.4) is 0 Å². The second kappa shape index (κ2) is 13.1. The van der Waals surface area contributed by atoms with Gasteiger partial charge in [0.05, 0.1) is 6.04 Å². The molecule has 0 heterocycles. The first-order valence-corrected chi connectivity index (χ1v) is 16.9. The third-order valence-electron chi connectivity index (χ3n) is 9.98. The average Bonchev–Trinajstić information content (AvgIpc) is 3.15. The number of rotatable bonds is 8. The summed E-state index contributed by atoms with van der Waals surface area (Å²) in [6, 6.07) is 55.8. The van der Waals surface area contributed by atoms with Crippen molar-refractivity contribution in [3.63, 3.8) is 0 Å². The maximum absolute atomic E-state index is 2.51. The Kier molecular flexibility index (Phi) is 8.12. The highest BCUT2D eigenvalue weighted by atomic mass is 15.2. The van der Waals surface area contributed by atoms with Crippen molar-refractivity contribution < 1.29 is 0 Å². The Bertz CT molecular complexity index is 2080. The quantitative estimate of drug-likeness (QED) is 0.167. The number of hydrogen-bond donors (Lipinski definition) is 0. The zero-order chi connectivity index (χ0) is 31.4. The van der Waals surface area contributed by atoms with E-state index in [1.807, 2.05) is 0 Å². The number of allylic oxidation sites excluding steroid dienone is 4. The Labute approximate surface area is 278 Å². The van der Waals surface area contributed by atoms with Crippen LogP contribution in [0, 0.1) is 0 Å². The van der Waals surface area contributed by atoms with E-state index in [0.29, 0.717) is 5.92 Å². The third kappa shape index (κ3) is 5.98. The molecule has 0 radical (unpaired) electrons. The van der Waals surface area contributed by atoms with Crippen LogP contribution in [0.2, 0.25) is 0 Å². The first-order valence-electron chi connectivity index (χ1n) is 16.9. The van der Waals surface area contributed by atoms with E-state index in [2.05, 4.69) is 181 Å². The monoisotopic (exact) mass is 605 g/mol. The Balaban J connectivity index is 1.07. The van der Waals surface area contributed by atoms with Gasteiger partial charge in [-0.3, -0.25) is 0 Å². The van der Waals surface area contributed by atoms with Crippen LogP contribution in [-0.2, 0) is 0 Å².